The molecule has 0 fully saturated rings. The second kappa shape index (κ2) is 5.19. The maximum atomic E-state index is 5.46. The van der Waals surface area contributed by atoms with Gasteiger partial charge in [0.05, 0.1) is 16.1 Å². The number of halogens is 1. The monoisotopic (exact) mass is 325 g/mol. The van der Waals surface area contributed by atoms with Crippen LogP contribution in [-0.4, -0.2) is 0 Å². The molecule has 4 heteroatoms. The van der Waals surface area contributed by atoms with Crippen LogP contribution in [0.2, 0.25) is 0 Å². The first-order chi connectivity index (χ1) is 8.74. The summed E-state index contributed by atoms with van der Waals surface area (Å²) in [5, 5.41) is 3.68. The van der Waals surface area contributed by atoms with Crippen molar-refractivity contribution < 1.29 is 4.42 Å². The molecular formula is C14H16BrNOS. The summed E-state index contributed by atoms with van der Waals surface area (Å²) in [7, 11) is 0. The van der Waals surface area contributed by atoms with Crippen molar-refractivity contribution in [3.63, 3.8) is 0 Å². The van der Waals surface area contributed by atoms with Gasteiger partial charge in [0.1, 0.15) is 5.76 Å². The molecule has 18 heavy (non-hydrogen) atoms. The number of aryl methyl sites for hydroxylation is 1. The number of thiophene rings is 1. The predicted octanol–water partition coefficient (Wildman–Crippen LogP) is 4.83. The lowest BCUT2D eigenvalue weighted by atomic mass is 9.93. The Labute approximate surface area is 120 Å². The maximum absolute atomic E-state index is 5.46. The van der Waals surface area contributed by atoms with Crippen molar-refractivity contribution in [1.82, 2.24) is 5.32 Å². The quantitative estimate of drug-likeness (QED) is 0.874. The van der Waals surface area contributed by atoms with Crippen LogP contribution in [-0.2, 0) is 6.42 Å². The fourth-order valence-electron chi connectivity index (χ4n) is 2.62. The van der Waals surface area contributed by atoms with Crippen molar-refractivity contribution in [3.8, 4) is 0 Å². The highest BCUT2D eigenvalue weighted by atomic mass is 79.9. The average Bonchev–Trinajstić information content (AvgIpc) is 2.96. The molecule has 1 unspecified atom stereocenters. The summed E-state index contributed by atoms with van der Waals surface area (Å²) in [4.78, 5) is 1.53. The number of hydrogen-bond donors (Lipinski definition) is 1. The first kappa shape index (κ1) is 12.5. The summed E-state index contributed by atoms with van der Waals surface area (Å²) in [5.74, 6) is 1.01. The minimum atomic E-state index is 0.259. The molecule has 0 spiro atoms. The molecule has 2 nitrogen and oxygen atoms in total. The molecule has 0 aromatic carbocycles. The average molecular weight is 326 g/mol. The third kappa shape index (κ3) is 2.42. The molecule has 0 saturated carbocycles. The Morgan fingerprint density at radius 3 is 3.22 bits per heavy atom. The molecule has 2 aromatic rings. The fourth-order valence-corrected chi connectivity index (χ4v) is 4.44. The number of fused-ring (bicyclic) bond motifs is 1. The van der Waals surface area contributed by atoms with Crippen LogP contribution in [0.25, 0.3) is 0 Å². The Kier molecular flexibility index (Phi) is 3.59. The molecule has 96 valence electrons. The number of nitrogens with one attached hydrogen (secondary N) is 1. The molecule has 2 atom stereocenters. The van der Waals surface area contributed by atoms with Gasteiger partial charge in [0, 0.05) is 10.9 Å². The van der Waals surface area contributed by atoms with Crippen molar-refractivity contribution >= 4 is 27.3 Å². The Bertz CT molecular complexity index is 520. The van der Waals surface area contributed by atoms with Gasteiger partial charge in [-0.1, -0.05) is 0 Å². The molecule has 1 N–H and O–H groups in total. The van der Waals surface area contributed by atoms with Gasteiger partial charge in [0.25, 0.3) is 0 Å². The predicted molar refractivity (Wildman–Crippen MR) is 78.0 cm³/mol. The van der Waals surface area contributed by atoms with Crippen LogP contribution in [0.5, 0.6) is 0 Å². The fraction of sp³-hybridized carbons (Fsp3) is 0.429. The van der Waals surface area contributed by atoms with E-state index < -0.39 is 0 Å². The highest BCUT2D eigenvalue weighted by molar-refractivity contribution is 9.11. The molecule has 2 aromatic heterocycles. The van der Waals surface area contributed by atoms with Gasteiger partial charge in [-0.25, -0.2) is 0 Å². The molecule has 0 radical (unpaired) electrons. The van der Waals surface area contributed by atoms with Crippen molar-refractivity contribution in [2.24, 2.45) is 0 Å². The third-order valence-corrected chi connectivity index (χ3v) is 5.22. The lowest BCUT2D eigenvalue weighted by Gasteiger charge is -2.26. The van der Waals surface area contributed by atoms with E-state index in [1.54, 1.807) is 6.26 Å². The number of furan rings is 1. The molecule has 0 bridgehead atoms. The molecule has 1 aliphatic rings. The molecule has 2 heterocycles. The summed E-state index contributed by atoms with van der Waals surface area (Å²) >= 11 is 5.47. The van der Waals surface area contributed by atoms with E-state index in [1.165, 1.54) is 33.5 Å². The normalized spacial score (nSPS) is 20.7. The van der Waals surface area contributed by atoms with Gasteiger partial charge in [-0.2, -0.15) is 0 Å². The topological polar surface area (TPSA) is 25.2 Å². The van der Waals surface area contributed by atoms with Crippen LogP contribution in [0.4, 0.5) is 0 Å². The molecule has 0 amide bonds. The Hall–Kier alpha value is -0.580. The van der Waals surface area contributed by atoms with Crippen LogP contribution >= 0.6 is 27.3 Å². The SMILES string of the molecule is C[C@H](NC1CCCc2sc(Br)cc21)c1ccco1. The van der Waals surface area contributed by atoms with Gasteiger partial charge in [0.15, 0.2) is 0 Å². The first-order valence-electron chi connectivity index (χ1n) is 6.31. The van der Waals surface area contributed by atoms with E-state index in [2.05, 4.69) is 34.2 Å². The van der Waals surface area contributed by atoms with Crippen molar-refractivity contribution in [2.75, 3.05) is 0 Å². The van der Waals surface area contributed by atoms with Crippen molar-refractivity contribution in [3.05, 3.63) is 44.4 Å². The Morgan fingerprint density at radius 2 is 2.44 bits per heavy atom. The van der Waals surface area contributed by atoms with Gasteiger partial charge >= 0.3 is 0 Å². The minimum absolute atomic E-state index is 0.259. The van der Waals surface area contributed by atoms with Gasteiger partial charge in [-0.3, -0.25) is 0 Å². The third-order valence-electron chi connectivity index (χ3n) is 3.50. The Balaban J connectivity index is 1.78. The summed E-state index contributed by atoms with van der Waals surface area (Å²) in [6.07, 6.45) is 5.43. The maximum Gasteiger partial charge on any atom is 0.120 e. The summed E-state index contributed by atoms with van der Waals surface area (Å²) in [6.45, 7) is 2.16. The zero-order chi connectivity index (χ0) is 12.5. The summed E-state index contributed by atoms with van der Waals surface area (Å²) in [5.41, 5.74) is 1.47. The van der Waals surface area contributed by atoms with Gasteiger partial charge in [-0.15, -0.1) is 11.3 Å². The molecule has 3 rings (SSSR count). The van der Waals surface area contributed by atoms with Gasteiger partial charge < -0.3 is 9.73 Å². The van der Waals surface area contributed by atoms with Crippen LogP contribution in [0.1, 0.15) is 48.0 Å². The summed E-state index contributed by atoms with van der Waals surface area (Å²) in [6, 6.07) is 6.96. The van der Waals surface area contributed by atoms with E-state index in [1.807, 2.05) is 23.5 Å². The van der Waals surface area contributed by atoms with Crippen molar-refractivity contribution in [1.29, 1.82) is 0 Å². The minimum Gasteiger partial charge on any atom is -0.468 e. The zero-order valence-corrected chi connectivity index (χ0v) is 12.7. The highest BCUT2D eigenvalue weighted by Gasteiger charge is 2.24. The lowest BCUT2D eigenvalue weighted by molar-refractivity contribution is 0.369. The molecule has 1 aliphatic carbocycles. The number of rotatable bonds is 3. The van der Waals surface area contributed by atoms with E-state index >= 15 is 0 Å². The first-order valence-corrected chi connectivity index (χ1v) is 7.92. The van der Waals surface area contributed by atoms with E-state index in [0.717, 1.165) is 5.76 Å². The van der Waals surface area contributed by atoms with Crippen LogP contribution in [0.15, 0.2) is 32.7 Å². The van der Waals surface area contributed by atoms with Crippen LogP contribution in [0.3, 0.4) is 0 Å². The highest BCUT2D eigenvalue weighted by Crippen LogP contribution is 2.38. The lowest BCUT2D eigenvalue weighted by Crippen LogP contribution is -2.26. The second-order valence-corrected chi connectivity index (χ2v) is 7.29. The van der Waals surface area contributed by atoms with E-state index in [9.17, 15) is 0 Å². The largest absolute Gasteiger partial charge is 0.468 e. The molecule has 0 saturated heterocycles. The van der Waals surface area contributed by atoms with E-state index in [0.29, 0.717) is 6.04 Å². The van der Waals surface area contributed by atoms with Gasteiger partial charge in [0.2, 0.25) is 0 Å². The van der Waals surface area contributed by atoms with Gasteiger partial charge in [-0.05, 0) is 65.9 Å². The smallest absolute Gasteiger partial charge is 0.120 e. The zero-order valence-electron chi connectivity index (χ0n) is 10.3. The summed E-state index contributed by atoms with van der Waals surface area (Å²) < 4.78 is 6.70. The second-order valence-electron chi connectivity index (χ2n) is 4.78. The standard InChI is InChI=1S/C14H16BrNOS/c1-9(12-5-3-7-17-12)16-11-4-2-6-13-10(11)8-14(15)18-13/h3,5,7-9,11,16H,2,4,6H2,1H3/t9-,11?/m0/s1. The van der Waals surface area contributed by atoms with Crippen LogP contribution in [0, 0.1) is 0 Å². The number of hydrogen-bond acceptors (Lipinski definition) is 3. The van der Waals surface area contributed by atoms with Crippen LogP contribution < -0.4 is 5.32 Å². The molecular weight excluding hydrogens is 310 g/mol. The van der Waals surface area contributed by atoms with E-state index in [4.69, 9.17) is 4.42 Å². The molecule has 0 aliphatic heterocycles. The van der Waals surface area contributed by atoms with Crippen molar-refractivity contribution in [2.45, 2.75) is 38.3 Å². The van der Waals surface area contributed by atoms with E-state index in [-0.39, 0.29) is 6.04 Å². The Morgan fingerprint density at radius 1 is 1.56 bits per heavy atom.